The predicted molar refractivity (Wildman–Crippen MR) is 147 cm³/mol. The number of carbonyl (C=O) groups is 2. The number of halogens is 2. The Kier molecular flexibility index (Phi) is 7.59. The molecule has 0 aliphatic carbocycles. The molecule has 2 aromatic carbocycles. The number of benzene rings is 2. The van der Waals surface area contributed by atoms with Crippen molar-refractivity contribution in [3.63, 3.8) is 0 Å². The summed E-state index contributed by atoms with van der Waals surface area (Å²) in [4.78, 5) is 32.4. The van der Waals surface area contributed by atoms with E-state index in [1.807, 2.05) is 36.4 Å². The van der Waals surface area contributed by atoms with Crippen LogP contribution in [0.3, 0.4) is 0 Å². The Hall–Kier alpha value is -3.39. The number of nitrogens with one attached hydrogen (secondary N) is 1. The summed E-state index contributed by atoms with van der Waals surface area (Å²) in [7, 11) is 1.55. The molecule has 4 rings (SSSR count). The van der Waals surface area contributed by atoms with Gasteiger partial charge in [-0.25, -0.2) is 9.78 Å². The summed E-state index contributed by atoms with van der Waals surface area (Å²) in [5.74, 6) is -0.294. The molecule has 7 nitrogen and oxygen atoms in total. The second-order valence-electron chi connectivity index (χ2n) is 9.68. The lowest BCUT2D eigenvalue weighted by Crippen LogP contribution is -2.34. The van der Waals surface area contributed by atoms with Crippen LogP contribution in [0.1, 0.15) is 31.3 Å². The number of hydrogen-bond acceptors (Lipinski definition) is 5. The molecular weight excluding hydrogens is 513 g/mol. The highest BCUT2D eigenvalue weighted by atomic mass is 35.5. The Labute approximate surface area is 225 Å². The van der Waals surface area contributed by atoms with Gasteiger partial charge in [-0.1, -0.05) is 74.3 Å². The van der Waals surface area contributed by atoms with E-state index in [4.69, 9.17) is 32.6 Å². The van der Waals surface area contributed by atoms with Crippen molar-refractivity contribution in [3.05, 3.63) is 70.4 Å². The van der Waals surface area contributed by atoms with Crippen molar-refractivity contribution < 1.29 is 19.1 Å². The number of hydrogen-bond donors (Lipinski definition) is 2. The molecule has 0 atom stereocenters. The first-order chi connectivity index (χ1) is 17.5. The van der Waals surface area contributed by atoms with E-state index in [0.717, 1.165) is 5.56 Å². The molecule has 0 fully saturated rings. The van der Waals surface area contributed by atoms with Crippen LogP contribution in [0.25, 0.3) is 33.5 Å². The van der Waals surface area contributed by atoms with E-state index in [-0.39, 0.29) is 36.1 Å². The fourth-order valence-corrected chi connectivity index (χ4v) is 4.16. The number of urea groups is 1. The van der Waals surface area contributed by atoms with Gasteiger partial charge in [-0.05, 0) is 29.8 Å². The average molecular weight is 540 g/mol. The number of aromatic nitrogens is 1. The summed E-state index contributed by atoms with van der Waals surface area (Å²) in [6.07, 6.45) is 0. The molecule has 0 unspecified atom stereocenters. The number of aliphatic hydroxyl groups is 1. The lowest BCUT2D eigenvalue weighted by atomic mass is 9.89. The largest absolute Gasteiger partial charge is 0.432 e. The van der Waals surface area contributed by atoms with E-state index in [9.17, 15) is 14.7 Å². The Morgan fingerprint density at radius 2 is 1.73 bits per heavy atom. The number of carbonyl (C=O) groups excluding carboxylic acids is 2. The van der Waals surface area contributed by atoms with Gasteiger partial charge >= 0.3 is 6.03 Å². The van der Waals surface area contributed by atoms with E-state index in [1.54, 1.807) is 46.0 Å². The first-order valence-corrected chi connectivity index (χ1v) is 12.4. The number of anilines is 1. The van der Waals surface area contributed by atoms with Crippen LogP contribution in [-0.4, -0.2) is 47.0 Å². The molecule has 0 aliphatic heterocycles. The van der Waals surface area contributed by atoms with Crippen molar-refractivity contribution >= 4 is 51.8 Å². The summed E-state index contributed by atoms with van der Waals surface area (Å²) in [5.41, 5.74) is 2.39. The lowest BCUT2D eigenvalue weighted by molar-refractivity contribution is 0.0831. The van der Waals surface area contributed by atoms with Crippen LogP contribution in [0.4, 0.5) is 10.5 Å². The van der Waals surface area contributed by atoms with Gasteiger partial charge in [-0.2, -0.15) is 0 Å². The minimum Gasteiger partial charge on any atom is -0.432 e. The standard InChI is InChI=1S/C28H27Cl2N3O4/c1-28(2,3)25(35)24-23(32-27(36)33(4)13-14-34)20-15-19(16-9-11-17(29)12-10-16)22(31-26(20)37-24)18-7-5-6-8-21(18)30/h5-12,15,34H,13-14H2,1-4H3,(H,32,36). The highest BCUT2D eigenvalue weighted by Gasteiger charge is 2.32. The van der Waals surface area contributed by atoms with Crippen LogP contribution >= 0.6 is 23.2 Å². The molecule has 9 heteroatoms. The predicted octanol–water partition coefficient (Wildman–Crippen LogP) is 7.15. The van der Waals surface area contributed by atoms with Crippen molar-refractivity contribution in [3.8, 4) is 22.4 Å². The van der Waals surface area contributed by atoms with Gasteiger partial charge in [-0.15, -0.1) is 0 Å². The van der Waals surface area contributed by atoms with Gasteiger partial charge in [0.15, 0.2) is 5.76 Å². The Bertz CT molecular complexity index is 1470. The number of aliphatic hydroxyl groups excluding tert-OH is 1. The van der Waals surface area contributed by atoms with Gasteiger partial charge in [0.1, 0.15) is 5.69 Å². The SMILES string of the molecule is CN(CCO)C(=O)Nc1c(C(=O)C(C)(C)C)oc2nc(-c3ccccc3Cl)c(-c3ccc(Cl)cc3)cc12. The Morgan fingerprint density at radius 1 is 1.05 bits per heavy atom. The van der Waals surface area contributed by atoms with Crippen LogP contribution in [-0.2, 0) is 0 Å². The zero-order valence-corrected chi connectivity index (χ0v) is 22.4. The number of rotatable bonds is 6. The summed E-state index contributed by atoms with van der Waals surface area (Å²) in [6, 6.07) is 15.9. The number of furan rings is 1. The Morgan fingerprint density at radius 3 is 2.35 bits per heavy atom. The third kappa shape index (κ3) is 5.49. The molecule has 2 heterocycles. The molecule has 0 saturated heterocycles. The fraction of sp³-hybridized carbons (Fsp3) is 0.250. The quantitative estimate of drug-likeness (QED) is 0.253. The minimum absolute atomic E-state index is 0.000821. The van der Waals surface area contributed by atoms with Gasteiger partial charge in [0.25, 0.3) is 0 Å². The number of nitrogens with zero attached hydrogens (tertiary/aromatic N) is 2. The third-order valence-electron chi connectivity index (χ3n) is 5.87. The minimum atomic E-state index is -0.783. The second kappa shape index (κ2) is 10.5. The van der Waals surface area contributed by atoms with E-state index >= 15 is 0 Å². The molecule has 0 radical (unpaired) electrons. The number of ketones is 1. The molecule has 37 heavy (non-hydrogen) atoms. The molecule has 2 amide bonds. The van der Waals surface area contributed by atoms with Crippen LogP contribution < -0.4 is 5.32 Å². The fourth-order valence-electron chi connectivity index (χ4n) is 3.81. The zero-order chi connectivity index (χ0) is 26.9. The second-order valence-corrected chi connectivity index (χ2v) is 10.5. The van der Waals surface area contributed by atoms with Crippen LogP contribution in [0.5, 0.6) is 0 Å². The third-order valence-corrected chi connectivity index (χ3v) is 6.45. The van der Waals surface area contributed by atoms with E-state index < -0.39 is 11.4 Å². The van der Waals surface area contributed by atoms with Crippen LogP contribution in [0.15, 0.2) is 59.0 Å². The number of amides is 2. The van der Waals surface area contributed by atoms with Crippen molar-refractivity contribution in [2.24, 2.45) is 5.41 Å². The number of pyridine rings is 1. The molecule has 0 aliphatic rings. The van der Waals surface area contributed by atoms with Gasteiger partial charge < -0.3 is 19.7 Å². The van der Waals surface area contributed by atoms with Crippen LogP contribution in [0, 0.1) is 5.41 Å². The zero-order valence-electron chi connectivity index (χ0n) is 20.9. The smallest absolute Gasteiger partial charge is 0.321 e. The number of Topliss-reactive ketones (excluding diaryl/α,β-unsaturated/α-hetero) is 1. The number of likely N-dealkylation sites (N-methyl/N-ethyl adjacent to an activating group) is 1. The molecule has 2 aromatic heterocycles. The summed E-state index contributed by atoms with van der Waals surface area (Å²) in [5, 5.41) is 13.6. The maximum absolute atomic E-state index is 13.4. The van der Waals surface area contributed by atoms with Gasteiger partial charge in [-0.3, -0.25) is 4.79 Å². The summed E-state index contributed by atoms with van der Waals surface area (Å²) < 4.78 is 6.03. The van der Waals surface area contributed by atoms with Crippen molar-refractivity contribution in [2.45, 2.75) is 20.8 Å². The highest BCUT2D eigenvalue weighted by molar-refractivity contribution is 6.33. The maximum atomic E-state index is 13.4. The van der Waals surface area contributed by atoms with Crippen molar-refractivity contribution in [2.75, 3.05) is 25.5 Å². The Balaban J connectivity index is 2.02. The first kappa shape index (κ1) is 26.7. The van der Waals surface area contributed by atoms with Gasteiger partial charge in [0.05, 0.1) is 17.7 Å². The highest BCUT2D eigenvalue weighted by Crippen LogP contribution is 2.41. The first-order valence-electron chi connectivity index (χ1n) is 11.7. The molecule has 0 bridgehead atoms. The molecule has 0 spiro atoms. The summed E-state index contributed by atoms with van der Waals surface area (Å²) in [6.45, 7) is 5.23. The van der Waals surface area contributed by atoms with Crippen LogP contribution in [0.2, 0.25) is 10.0 Å². The average Bonchev–Trinajstić information content (AvgIpc) is 3.20. The van der Waals surface area contributed by atoms with Crippen molar-refractivity contribution in [1.82, 2.24) is 9.88 Å². The maximum Gasteiger partial charge on any atom is 0.321 e. The molecule has 2 N–H and O–H groups in total. The molecule has 4 aromatic rings. The lowest BCUT2D eigenvalue weighted by Gasteiger charge is -2.18. The number of fused-ring (bicyclic) bond motifs is 1. The van der Waals surface area contributed by atoms with E-state index in [2.05, 4.69) is 5.32 Å². The monoisotopic (exact) mass is 539 g/mol. The molecule has 192 valence electrons. The normalized spacial score (nSPS) is 11.5. The topological polar surface area (TPSA) is 95.7 Å². The summed E-state index contributed by atoms with van der Waals surface area (Å²) >= 11 is 12.7. The van der Waals surface area contributed by atoms with E-state index in [0.29, 0.717) is 32.3 Å². The van der Waals surface area contributed by atoms with Crippen molar-refractivity contribution in [1.29, 1.82) is 0 Å². The van der Waals surface area contributed by atoms with E-state index in [1.165, 1.54) is 4.90 Å². The van der Waals surface area contributed by atoms with Gasteiger partial charge in [0.2, 0.25) is 11.5 Å². The molecular formula is C28H27Cl2N3O4. The van der Waals surface area contributed by atoms with Gasteiger partial charge in [0, 0.05) is 40.2 Å². The molecule has 0 saturated carbocycles.